The summed E-state index contributed by atoms with van der Waals surface area (Å²) in [5.74, 6) is 6.48. The van der Waals surface area contributed by atoms with Crippen LogP contribution in [-0.2, 0) is 0 Å². The minimum atomic E-state index is 0.495. The van der Waals surface area contributed by atoms with Crippen molar-refractivity contribution in [3.05, 3.63) is 12.2 Å². The van der Waals surface area contributed by atoms with Gasteiger partial charge in [-0.3, -0.25) is 11.3 Å². The lowest BCUT2D eigenvalue weighted by Gasteiger charge is -2.28. The van der Waals surface area contributed by atoms with Gasteiger partial charge in [-0.15, -0.1) is 6.58 Å². The van der Waals surface area contributed by atoms with Gasteiger partial charge in [0.2, 0.25) is 0 Å². The summed E-state index contributed by atoms with van der Waals surface area (Å²) in [5.41, 5.74) is 4.30. The van der Waals surface area contributed by atoms with Crippen molar-refractivity contribution in [2.24, 2.45) is 11.8 Å². The first-order chi connectivity index (χ1) is 7.74. The van der Waals surface area contributed by atoms with E-state index in [4.69, 9.17) is 5.84 Å². The van der Waals surface area contributed by atoms with E-state index in [1.807, 2.05) is 0 Å². The Morgan fingerprint density at radius 2 is 1.81 bits per heavy atom. The fraction of sp³-hybridized carbons (Fsp3) is 0.857. The Hall–Kier alpha value is -0.340. The number of hydrogen-bond donors (Lipinski definition) is 2. The highest BCUT2D eigenvalue weighted by Gasteiger charge is 2.20. The highest BCUT2D eigenvalue weighted by Crippen LogP contribution is 2.26. The van der Waals surface area contributed by atoms with Gasteiger partial charge in [0.25, 0.3) is 0 Å². The van der Waals surface area contributed by atoms with Crippen LogP contribution in [0.5, 0.6) is 0 Å². The van der Waals surface area contributed by atoms with Gasteiger partial charge in [-0.1, -0.05) is 37.7 Å². The maximum absolute atomic E-state index is 5.70. The Morgan fingerprint density at radius 3 is 2.31 bits per heavy atom. The maximum atomic E-state index is 5.70. The molecule has 1 fully saturated rings. The third-order valence-electron chi connectivity index (χ3n) is 3.82. The smallest absolute Gasteiger partial charge is 0.0241 e. The normalized spacial score (nSPS) is 21.1. The Kier molecular flexibility index (Phi) is 6.74. The second-order valence-corrected chi connectivity index (χ2v) is 5.37. The summed E-state index contributed by atoms with van der Waals surface area (Å²) in [6.45, 7) is 6.07. The first-order valence-corrected chi connectivity index (χ1v) is 6.84. The minimum Gasteiger partial charge on any atom is -0.271 e. The van der Waals surface area contributed by atoms with Crippen molar-refractivity contribution in [3.8, 4) is 0 Å². The van der Waals surface area contributed by atoms with E-state index in [0.717, 1.165) is 18.8 Å². The molecule has 0 amide bonds. The van der Waals surface area contributed by atoms with E-state index in [2.05, 4.69) is 18.9 Å². The first kappa shape index (κ1) is 13.7. The molecule has 0 aromatic rings. The van der Waals surface area contributed by atoms with Crippen molar-refractivity contribution in [2.45, 2.75) is 70.8 Å². The van der Waals surface area contributed by atoms with Crippen LogP contribution in [0, 0.1) is 5.92 Å². The van der Waals surface area contributed by atoms with Crippen molar-refractivity contribution < 1.29 is 0 Å². The Bertz CT molecular complexity index is 193. The summed E-state index contributed by atoms with van der Waals surface area (Å²) in [6.07, 6.45) is 12.0. The molecule has 0 radical (unpaired) electrons. The highest BCUT2D eigenvalue weighted by atomic mass is 15.2. The monoisotopic (exact) mass is 224 g/mol. The van der Waals surface area contributed by atoms with Crippen LogP contribution in [-0.4, -0.2) is 6.04 Å². The molecular weight excluding hydrogens is 196 g/mol. The number of rotatable bonds is 5. The average Bonchev–Trinajstić information content (AvgIpc) is 2.20. The standard InChI is InChI=1S/C14H28N2/c1-12(2)10-11-14(16-15)13-8-6-4-3-5-7-9-13/h13-14,16H,1,3-11,15H2,2H3. The van der Waals surface area contributed by atoms with Gasteiger partial charge < -0.3 is 0 Å². The van der Waals surface area contributed by atoms with Gasteiger partial charge in [-0.25, -0.2) is 0 Å². The van der Waals surface area contributed by atoms with Gasteiger partial charge in [-0.2, -0.15) is 0 Å². The lowest BCUT2D eigenvalue weighted by atomic mass is 9.84. The van der Waals surface area contributed by atoms with Crippen LogP contribution >= 0.6 is 0 Å². The SMILES string of the molecule is C=C(C)CCC(NN)C1CCCCCCC1. The van der Waals surface area contributed by atoms with Crippen molar-refractivity contribution >= 4 is 0 Å². The van der Waals surface area contributed by atoms with Gasteiger partial charge in [0.05, 0.1) is 0 Å². The van der Waals surface area contributed by atoms with Crippen molar-refractivity contribution in [2.75, 3.05) is 0 Å². The molecule has 0 aromatic carbocycles. The van der Waals surface area contributed by atoms with Gasteiger partial charge in [0, 0.05) is 6.04 Å². The topological polar surface area (TPSA) is 38.0 Å². The Labute approximate surface area is 101 Å². The molecule has 1 atom stereocenters. The molecule has 0 saturated heterocycles. The third kappa shape index (κ3) is 5.13. The maximum Gasteiger partial charge on any atom is 0.0241 e. The third-order valence-corrected chi connectivity index (χ3v) is 3.82. The molecule has 1 rings (SSSR count). The molecular formula is C14H28N2. The molecule has 2 heteroatoms. The van der Waals surface area contributed by atoms with Crippen LogP contribution < -0.4 is 11.3 Å². The minimum absolute atomic E-state index is 0.495. The molecule has 1 saturated carbocycles. The molecule has 2 nitrogen and oxygen atoms in total. The summed E-state index contributed by atoms with van der Waals surface area (Å²) < 4.78 is 0. The molecule has 16 heavy (non-hydrogen) atoms. The summed E-state index contributed by atoms with van der Waals surface area (Å²) >= 11 is 0. The zero-order chi connectivity index (χ0) is 11.8. The first-order valence-electron chi connectivity index (χ1n) is 6.84. The quantitative estimate of drug-likeness (QED) is 0.426. The fourth-order valence-corrected chi connectivity index (χ4v) is 2.75. The van der Waals surface area contributed by atoms with E-state index < -0.39 is 0 Å². The molecule has 0 bridgehead atoms. The summed E-state index contributed by atoms with van der Waals surface area (Å²) in [4.78, 5) is 0. The number of hydrazine groups is 1. The largest absolute Gasteiger partial charge is 0.271 e. The zero-order valence-electron chi connectivity index (χ0n) is 10.8. The van der Waals surface area contributed by atoms with Gasteiger partial charge in [0.15, 0.2) is 0 Å². The lowest BCUT2D eigenvalue weighted by molar-refractivity contribution is 0.275. The number of nitrogens with two attached hydrogens (primary N) is 1. The van der Waals surface area contributed by atoms with E-state index in [0.29, 0.717) is 6.04 Å². The van der Waals surface area contributed by atoms with Crippen LogP contribution in [0.4, 0.5) is 0 Å². The van der Waals surface area contributed by atoms with Gasteiger partial charge >= 0.3 is 0 Å². The van der Waals surface area contributed by atoms with Gasteiger partial charge in [-0.05, 0) is 38.5 Å². The van der Waals surface area contributed by atoms with E-state index in [9.17, 15) is 0 Å². The molecule has 1 aliphatic rings. The highest BCUT2D eigenvalue weighted by molar-refractivity contribution is 4.90. The van der Waals surface area contributed by atoms with Crippen LogP contribution in [0.1, 0.15) is 64.7 Å². The predicted octanol–water partition coefficient (Wildman–Crippen LogP) is 3.54. The molecule has 0 spiro atoms. The average molecular weight is 224 g/mol. The van der Waals surface area contributed by atoms with Gasteiger partial charge in [0.1, 0.15) is 0 Å². The van der Waals surface area contributed by atoms with Crippen molar-refractivity contribution in [1.29, 1.82) is 0 Å². The van der Waals surface area contributed by atoms with Crippen LogP contribution in [0.25, 0.3) is 0 Å². The van der Waals surface area contributed by atoms with Crippen LogP contribution in [0.3, 0.4) is 0 Å². The molecule has 1 aliphatic carbocycles. The molecule has 0 heterocycles. The molecule has 94 valence electrons. The zero-order valence-corrected chi connectivity index (χ0v) is 10.8. The Balaban J connectivity index is 2.38. The van der Waals surface area contributed by atoms with Crippen LogP contribution in [0.15, 0.2) is 12.2 Å². The predicted molar refractivity (Wildman–Crippen MR) is 71.0 cm³/mol. The number of allylic oxidation sites excluding steroid dienone is 1. The second-order valence-electron chi connectivity index (χ2n) is 5.37. The molecule has 3 N–H and O–H groups in total. The number of hydrogen-bond acceptors (Lipinski definition) is 2. The summed E-state index contributed by atoms with van der Waals surface area (Å²) in [7, 11) is 0. The molecule has 0 aromatic heterocycles. The van der Waals surface area contributed by atoms with E-state index in [1.54, 1.807) is 0 Å². The van der Waals surface area contributed by atoms with E-state index >= 15 is 0 Å². The van der Waals surface area contributed by atoms with E-state index in [1.165, 1.54) is 50.5 Å². The lowest BCUT2D eigenvalue weighted by Crippen LogP contribution is -2.41. The number of nitrogens with one attached hydrogen (secondary N) is 1. The molecule has 1 unspecified atom stereocenters. The van der Waals surface area contributed by atoms with E-state index in [-0.39, 0.29) is 0 Å². The van der Waals surface area contributed by atoms with Crippen molar-refractivity contribution in [1.82, 2.24) is 5.43 Å². The molecule has 0 aliphatic heterocycles. The van der Waals surface area contributed by atoms with Crippen molar-refractivity contribution in [3.63, 3.8) is 0 Å². The summed E-state index contributed by atoms with van der Waals surface area (Å²) in [6, 6.07) is 0.495. The Morgan fingerprint density at radius 1 is 1.25 bits per heavy atom. The fourth-order valence-electron chi connectivity index (χ4n) is 2.75. The summed E-state index contributed by atoms with van der Waals surface area (Å²) in [5, 5.41) is 0. The second kappa shape index (κ2) is 7.86. The van der Waals surface area contributed by atoms with Crippen LogP contribution in [0.2, 0.25) is 0 Å².